The minimum absolute atomic E-state index is 0.0453. The molecule has 1 heterocycles. The number of nitrogens with zero attached hydrogens (tertiary/aromatic N) is 2. The molecule has 6 heteroatoms. The zero-order valence-corrected chi connectivity index (χ0v) is 19.8. The van der Waals surface area contributed by atoms with Crippen molar-refractivity contribution >= 4 is 29.1 Å². The summed E-state index contributed by atoms with van der Waals surface area (Å²) in [6.45, 7) is 4.57. The third-order valence-electron chi connectivity index (χ3n) is 6.19. The third kappa shape index (κ3) is 4.46. The number of carbonyl (C=O) groups is 2. The predicted octanol–water partition coefficient (Wildman–Crippen LogP) is 5.99. The van der Waals surface area contributed by atoms with E-state index in [0.29, 0.717) is 34.9 Å². The maximum absolute atomic E-state index is 13.5. The van der Waals surface area contributed by atoms with Gasteiger partial charge in [-0.25, -0.2) is 0 Å². The largest absolute Gasteiger partial charge is 0.497 e. The minimum atomic E-state index is -0.135. The van der Waals surface area contributed by atoms with Crippen LogP contribution in [0.15, 0.2) is 72.8 Å². The highest BCUT2D eigenvalue weighted by atomic mass is 35.5. The molecule has 0 spiro atoms. The Bertz CT molecular complexity index is 1140. The number of fused-ring (bicyclic) bond motifs is 1. The molecule has 0 aromatic heterocycles. The number of methoxy groups -OCH3 is 1. The summed E-state index contributed by atoms with van der Waals surface area (Å²) in [6.07, 6.45) is 0.645. The maximum atomic E-state index is 13.5. The Morgan fingerprint density at radius 1 is 1.00 bits per heavy atom. The van der Waals surface area contributed by atoms with E-state index in [0.717, 1.165) is 11.3 Å². The van der Waals surface area contributed by atoms with Crippen LogP contribution in [0.1, 0.15) is 52.6 Å². The van der Waals surface area contributed by atoms with E-state index in [2.05, 4.69) is 0 Å². The molecule has 1 aliphatic heterocycles. The number of hydrogen-bond donors (Lipinski definition) is 0. The van der Waals surface area contributed by atoms with E-state index in [-0.39, 0.29) is 23.9 Å². The molecule has 0 radical (unpaired) electrons. The first-order valence-electron chi connectivity index (χ1n) is 11.1. The van der Waals surface area contributed by atoms with E-state index < -0.39 is 0 Å². The van der Waals surface area contributed by atoms with Crippen molar-refractivity contribution in [2.24, 2.45) is 0 Å². The van der Waals surface area contributed by atoms with Crippen molar-refractivity contribution in [3.05, 3.63) is 94.5 Å². The highest BCUT2D eigenvalue weighted by Crippen LogP contribution is 2.41. The molecule has 0 fully saturated rings. The molecule has 170 valence electrons. The summed E-state index contributed by atoms with van der Waals surface area (Å²) in [7, 11) is 1.60. The van der Waals surface area contributed by atoms with Gasteiger partial charge in [-0.3, -0.25) is 9.59 Å². The van der Waals surface area contributed by atoms with E-state index in [9.17, 15) is 9.59 Å². The molecule has 0 saturated carbocycles. The Kier molecular flexibility index (Phi) is 6.70. The Morgan fingerprint density at radius 2 is 1.64 bits per heavy atom. The number of ether oxygens (including phenoxy) is 1. The van der Waals surface area contributed by atoms with Gasteiger partial charge < -0.3 is 14.5 Å². The lowest BCUT2D eigenvalue weighted by Crippen LogP contribution is -2.47. The Morgan fingerprint density at radius 3 is 2.27 bits per heavy atom. The average molecular weight is 463 g/mol. The molecule has 0 N–H and O–H groups in total. The topological polar surface area (TPSA) is 49.9 Å². The Balaban J connectivity index is 1.69. The second-order valence-electron chi connectivity index (χ2n) is 8.16. The third-order valence-corrected chi connectivity index (χ3v) is 6.44. The lowest BCUT2D eigenvalue weighted by molar-refractivity contribution is 0.0665. The van der Waals surface area contributed by atoms with Gasteiger partial charge in [-0.05, 0) is 80.4 Å². The Hall–Kier alpha value is -3.31. The molecule has 5 nitrogen and oxygen atoms in total. The van der Waals surface area contributed by atoms with Gasteiger partial charge in [-0.2, -0.15) is 0 Å². The second kappa shape index (κ2) is 9.67. The normalized spacial score (nSPS) is 17.3. The van der Waals surface area contributed by atoms with Gasteiger partial charge >= 0.3 is 0 Å². The van der Waals surface area contributed by atoms with Crippen molar-refractivity contribution in [3.8, 4) is 5.75 Å². The van der Waals surface area contributed by atoms with Crippen LogP contribution in [0.4, 0.5) is 5.69 Å². The van der Waals surface area contributed by atoms with Crippen LogP contribution in [0.3, 0.4) is 0 Å². The lowest BCUT2D eigenvalue weighted by Gasteiger charge is -2.43. The summed E-state index contributed by atoms with van der Waals surface area (Å²) in [6, 6.07) is 21.8. The summed E-state index contributed by atoms with van der Waals surface area (Å²) in [4.78, 5) is 30.6. The van der Waals surface area contributed by atoms with E-state index >= 15 is 0 Å². The monoisotopic (exact) mass is 462 g/mol. The van der Waals surface area contributed by atoms with Crippen LogP contribution in [-0.2, 0) is 0 Å². The fraction of sp³-hybridized carbons (Fsp3) is 0.259. The molecule has 4 rings (SSSR count). The van der Waals surface area contributed by atoms with Crippen LogP contribution in [0.5, 0.6) is 5.75 Å². The second-order valence-corrected chi connectivity index (χ2v) is 8.60. The van der Waals surface area contributed by atoms with E-state index in [1.54, 1.807) is 55.6 Å². The lowest BCUT2D eigenvalue weighted by atomic mass is 9.89. The van der Waals surface area contributed by atoms with Crippen molar-refractivity contribution in [3.63, 3.8) is 0 Å². The minimum Gasteiger partial charge on any atom is -0.497 e. The summed E-state index contributed by atoms with van der Waals surface area (Å²) < 4.78 is 5.22. The first-order chi connectivity index (χ1) is 15.9. The summed E-state index contributed by atoms with van der Waals surface area (Å²) in [5.74, 6) is 0.595. The van der Waals surface area contributed by atoms with Crippen LogP contribution in [0, 0.1) is 0 Å². The maximum Gasteiger partial charge on any atom is 0.258 e. The molecular weight excluding hydrogens is 436 g/mol. The number of amides is 2. The van der Waals surface area contributed by atoms with E-state index in [1.807, 2.05) is 47.9 Å². The number of anilines is 1. The van der Waals surface area contributed by atoms with Crippen LogP contribution in [0.25, 0.3) is 0 Å². The molecule has 0 saturated heterocycles. The number of rotatable bonds is 5. The summed E-state index contributed by atoms with van der Waals surface area (Å²) in [5, 5.41) is 0.596. The molecule has 0 unspecified atom stereocenters. The fourth-order valence-electron chi connectivity index (χ4n) is 4.52. The molecule has 33 heavy (non-hydrogen) atoms. The first kappa shape index (κ1) is 22.9. The van der Waals surface area contributed by atoms with Gasteiger partial charge in [0.1, 0.15) is 5.75 Å². The van der Waals surface area contributed by atoms with Crippen LogP contribution in [0.2, 0.25) is 5.02 Å². The number of halogens is 1. The highest BCUT2D eigenvalue weighted by Gasteiger charge is 2.37. The number of hydrogen-bond acceptors (Lipinski definition) is 3. The molecular formula is C27H27ClN2O3. The van der Waals surface area contributed by atoms with E-state index in [4.69, 9.17) is 16.3 Å². The SMILES string of the molecule is CCN(C(=O)c1ccc(Cl)cc1)[C@@H]1C[C@H](C)N(C(=O)c2ccc(OC)cc2)c2ccccc21. The molecule has 3 aromatic carbocycles. The Labute approximate surface area is 199 Å². The molecule has 1 aliphatic rings. The van der Waals surface area contributed by atoms with Gasteiger partial charge in [0.15, 0.2) is 0 Å². The molecule has 2 amide bonds. The van der Waals surface area contributed by atoms with Gasteiger partial charge in [-0.1, -0.05) is 29.8 Å². The molecule has 0 aliphatic carbocycles. The zero-order chi connectivity index (χ0) is 23.5. The van der Waals surface area contributed by atoms with Gasteiger partial charge in [0.25, 0.3) is 11.8 Å². The van der Waals surface area contributed by atoms with Crippen LogP contribution in [-0.4, -0.2) is 36.4 Å². The van der Waals surface area contributed by atoms with Gasteiger partial charge in [0.2, 0.25) is 0 Å². The van der Waals surface area contributed by atoms with Crippen molar-refractivity contribution in [2.45, 2.75) is 32.4 Å². The number of benzene rings is 3. The predicted molar refractivity (Wildman–Crippen MR) is 131 cm³/mol. The number of carbonyl (C=O) groups excluding carboxylic acids is 2. The summed E-state index contributed by atoms with van der Waals surface area (Å²) in [5.41, 5.74) is 3.01. The molecule has 0 bridgehead atoms. The quantitative estimate of drug-likeness (QED) is 0.468. The average Bonchev–Trinajstić information content (AvgIpc) is 2.84. The van der Waals surface area contributed by atoms with Crippen LogP contribution < -0.4 is 9.64 Å². The van der Waals surface area contributed by atoms with Crippen LogP contribution >= 0.6 is 11.6 Å². The van der Waals surface area contributed by atoms with Gasteiger partial charge in [-0.15, -0.1) is 0 Å². The van der Waals surface area contributed by atoms with Crippen molar-refractivity contribution in [2.75, 3.05) is 18.6 Å². The fourth-order valence-corrected chi connectivity index (χ4v) is 4.65. The zero-order valence-electron chi connectivity index (χ0n) is 19.0. The van der Waals surface area contributed by atoms with Crippen molar-refractivity contribution in [1.82, 2.24) is 4.90 Å². The standard InChI is InChI=1S/C27H27ClN2O3/c1-4-29(26(31)19-9-13-21(28)14-10-19)25-17-18(2)30(24-8-6-5-7-23(24)25)27(32)20-11-15-22(33-3)16-12-20/h5-16,18,25H,4,17H2,1-3H3/t18-,25+/m0/s1. The summed E-state index contributed by atoms with van der Waals surface area (Å²) >= 11 is 6.01. The van der Waals surface area contributed by atoms with Gasteiger partial charge in [0.05, 0.1) is 13.2 Å². The van der Waals surface area contributed by atoms with Crippen molar-refractivity contribution in [1.29, 1.82) is 0 Å². The highest BCUT2D eigenvalue weighted by molar-refractivity contribution is 6.30. The molecule has 3 aromatic rings. The van der Waals surface area contributed by atoms with Gasteiger partial charge in [0, 0.05) is 34.4 Å². The van der Waals surface area contributed by atoms with Crippen molar-refractivity contribution < 1.29 is 14.3 Å². The smallest absolute Gasteiger partial charge is 0.258 e. The molecule has 2 atom stereocenters. The first-order valence-corrected chi connectivity index (χ1v) is 11.5. The van der Waals surface area contributed by atoms with E-state index in [1.165, 1.54) is 0 Å². The number of para-hydroxylation sites is 1.